The molecule has 8 nitrogen and oxygen atoms in total. The number of hydrogen-bond acceptors (Lipinski definition) is 8. The van der Waals surface area contributed by atoms with Crippen molar-refractivity contribution in [2.75, 3.05) is 13.7 Å². The summed E-state index contributed by atoms with van der Waals surface area (Å²) in [4.78, 5) is 31.5. The third-order valence-electron chi connectivity index (χ3n) is 3.43. The summed E-state index contributed by atoms with van der Waals surface area (Å²) >= 11 is 0. The Balaban J connectivity index is 1.82. The number of hydrogen-bond donors (Lipinski definition) is 0. The summed E-state index contributed by atoms with van der Waals surface area (Å²) in [6.45, 7) is 4.27. The molecule has 8 heteroatoms. The van der Waals surface area contributed by atoms with Crippen LogP contribution in [0.25, 0.3) is 11.4 Å². The van der Waals surface area contributed by atoms with E-state index >= 15 is 0 Å². The molecule has 1 fully saturated rings. The van der Waals surface area contributed by atoms with Crippen LogP contribution >= 0.6 is 0 Å². The fraction of sp³-hybridized carbons (Fsp3) is 0.571. The molecule has 3 rings (SSSR count). The van der Waals surface area contributed by atoms with Crippen LogP contribution in [0.1, 0.15) is 43.3 Å². The van der Waals surface area contributed by atoms with Crippen molar-refractivity contribution < 1.29 is 27.9 Å². The molecule has 1 aliphatic carbocycles. The Labute approximate surface area is 125 Å². The Bertz CT molecular complexity index is 693. The molecule has 1 saturated carbocycles. The van der Waals surface area contributed by atoms with E-state index in [1.807, 2.05) is 13.8 Å². The van der Waals surface area contributed by atoms with Crippen LogP contribution in [0.15, 0.2) is 8.83 Å². The van der Waals surface area contributed by atoms with Gasteiger partial charge in [0.15, 0.2) is 0 Å². The Morgan fingerprint density at radius 1 is 1.23 bits per heavy atom. The van der Waals surface area contributed by atoms with Crippen LogP contribution in [-0.2, 0) is 19.7 Å². The zero-order valence-corrected chi connectivity index (χ0v) is 12.5. The van der Waals surface area contributed by atoms with E-state index in [1.54, 1.807) is 0 Å². The predicted octanol–water partition coefficient (Wildman–Crippen LogP) is 1.83. The Morgan fingerprint density at radius 2 is 1.91 bits per heavy atom. The summed E-state index contributed by atoms with van der Waals surface area (Å²) in [5, 5.41) is 0. The van der Waals surface area contributed by atoms with Gasteiger partial charge >= 0.3 is 17.8 Å². The molecule has 1 aliphatic rings. The van der Waals surface area contributed by atoms with E-state index < -0.39 is 11.4 Å². The molecular formula is C14H16N2O6. The lowest BCUT2D eigenvalue weighted by molar-refractivity contribution is -0.148. The van der Waals surface area contributed by atoms with Gasteiger partial charge in [-0.1, -0.05) is 13.8 Å². The van der Waals surface area contributed by atoms with E-state index in [1.165, 1.54) is 7.11 Å². The van der Waals surface area contributed by atoms with Crippen LogP contribution in [-0.4, -0.2) is 35.6 Å². The molecule has 0 radical (unpaired) electrons. The average Bonchev–Trinajstić information content (AvgIpc) is 3.05. The highest BCUT2D eigenvalue weighted by atomic mass is 16.5. The first-order valence-corrected chi connectivity index (χ1v) is 6.99. The Hall–Kier alpha value is -2.38. The van der Waals surface area contributed by atoms with Crippen LogP contribution < -0.4 is 0 Å². The highest BCUT2D eigenvalue weighted by molar-refractivity contribution is 5.87. The number of nitrogens with zero attached hydrogens (tertiary/aromatic N) is 2. The third kappa shape index (κ3) is 2.34. The number of methoxy groups -OCH3 is 1. The van der Waals surface area contributed by atoms with Crippen molar-refractivity contribution >= 4 is 23.4 Å². The number of esters is 2. The first-order chi connectivity index (χ1) is 10.5. The second-order valence-electron chi connectivity index (χ2n) is 5.71. The minimum atomic E-state index is -0.844. The molecule has 0 atom stereocenters. The highest BCUT2D eigenvalue weighted by Crippen LogP contribution is 2.49. The molecule has 118 valence electrons. The second-order valence-corrected chi connectivity index (χ2v) is 5.71. The first kappa shape index (κ1) is 14.6. The molecule has 0 bridgehead atoms. The summed E-state index contributed by atoms with van der Waals surface area (Å²) in [6.07, 6.45) is 1.22. The molecular weight excluding hydrogens is 292 g/mol. The summed E-state index contributed by atoms with van der Waals surface area (Å²) in [6, 6.07) is 0. The van der Waals surface area contributed by atoms with Crippen LogP contribution in [0.5, 0.6) is 0 Å². The molecule has 0 amide bonds. The average molecular weight is 308 g/mol. The lowest BCUT2D eigenvalue weighted by Gasteiger charge is -2.12. The minimum Gasteiger partial charge on any atom is -0.465 e. The van der Waals surface area contributed by atoms with Crippen molar-refractivity contribution in [3.05, 3.63) is 11.8 Å². The van der Waals surface area contributed by atoms with Gasteiger partial charge in [0, 0.05) is 0 Å². The molecule has 2 aromatic heterocycles. The zero-order chi connectivity index (χ0) is 15.9. The molecule has 0 unspecified atom stereocenters. The number of aromatic nitrogens is 2. The van der Waals surface area contributed by atoms with Crippen LogP contribution in [0.4, 0.5) is 0 Å². The molecule has 0 N–H and O–H groups in total. The van der Waals surface area contributed by atoms with Crippen molar-refractivity contribution in [1.29, 1.82) is 0 Å². The van der Waals surface area contributed by atoms with E-state index in [2.05, 4.69) is 14.7 Å². The van der Waals surface area contributed by atoms with Gasteiger partial charge < -0.3 is 18.3 Å². The summed E-state index contributed by atoms with van der Waals surface area (Å²) in [5.41, 5.74) is -0.708. The zero-order valence-electron chi connectivity index (χ0n) is 12.5. The molecule has 2 aromatic rings. The third-order valence-corrected chi connectivity index (χ3v) is 3.43. The fourth-order valence-electron chi connectivity index (χ4n) is 2.03. The van der Waals surface area contributed by atoms with Gasteiger partial charge in [-0.05, 0) is 18.8 Å². The van der Waals surface area contributed by atoms with Gasteiger partial charge in [-0.3, -0.25) is 4.79 Å². The molecule has 2 heterocycles. The largest absolute Gasteiger partial charge is 0.465 e. The highest BCUT2D eigenvalue weighted by Gasteiger charge is 2.57. The fourth-order valence-corrected chi connectivity index (χ4v) is 2.03. The summed E-state index contributed by atoms with van der Waals surface area (Å²) in [5.74, 6) is -0.822. The topological polar surface area (TPSA) is 105 Å². The van der Waals surface area contributed by atoms with E-state index in [0.29, 0.717) is 19.4 Å². The van der Waals surface area contributed by atoms with Gasteiger partial charge in [-0.25, -0.2) is 4.79 Å². The van der Waals surface area contributed by atoms with Gasteiger partial charge in [-0.2, -0.15) is 9.97 Å². The number of oxazole rings is 2. The predicted molar refractivity (Wildman–Crippen MR) is 72.1 cm³/mol. The van der Waals surface area contributed by atoms with E-state index in [4.69, 9.17) is 13.6 Å². The van der Waals surface area contributed by atoms with Crippen LogP contribution in [0, 0.1) is 5.92 Å². The van der Waals surface area contributed by atoms with Gasteiger partial charge in [-0.15, -0.1) is 0 Å². The number of ether oxygens (including phenoxy) is 2. The van der Waals surface area contributed by atoms with Gasteiger partial charge in [0.05, 0.1) is 13.7 Å². The standard InChI is InChI=1S/C14H16N2O6/c1-7(2)6-20-13(18)14(4-5-14)12-16-9-8(22-12)15-10(21-9)11(17)19-3/h7H,4-6H2,1-3H3. The lowest BCUT2D eigenvalue weighted by atomic mass is 10.1. The maximum atomic E-state index is 12.2. The SMILES string of the molecule is COC(=O)c1nc2oc(C3(C(=O)OCC(C)C)CC3)nc2o1. The van der Waals surface area contributed by atoms with Crippen LogP contribution in [0.2, 0.25) is 0 Å². The first-order valence-electron chi connectivity index (χ1n) is 6.99. The Morgan fingerprint density at radius 3 is 2.45 bits per heavy atom. The van der Waals surface area contributed by atoms with Crippen molar-refractivity contribution in [2.24, 2.45) is 5.92 Å². The summed E-state index contributed by atoms with van der Waals surface area (Å²) < 4.78 is 20.4. The molecule has 0 aromatic carbocycles. The quantitative estimate of drug-likeness (QED) is 0.770. The van der Waals surface area contributed by atoms with Crippen LogP contribution in [0.3, 0.4) is 0 Å². The number of carbonyl (C=O) groups is 2. The maximum absolute atomic E-state index is 12.2. The van der Waals surface area contributed by atoms with Gasteiger partial charge in [0.2, 0.25) is 5.89 Å². The van der Waals surface area contributed by atoms with Crippen molar-refractivity contribution in [3.63, 3.8) is 0 Å². The van der Waals surface area contributed by atoms with E-state index in [0.717, 1.165) is 0 Å². The number of fused-ring (bicyclic) bond motifs is 1. The minimum absolute atomic E-state index is 0.0679. The number of rotatable bonds is 5. The van der Waals surface area contributed by atoms with Gasteiger partial charge in [0.1, 0.15) is 5.41 Å². The number of carbonyl (C=O) groups excluding carboxylic acids is 2. The Kier molecular flexibility index (Phi) is 3.38. The van der Waals surface area contributed by atoms with Crippen molar-refractivity contribution in [2.45, 2.75) is 32.1 Å². The van der Waals surface area contributed by atoms with Crippen molar-refractivity contribution in [3.8, 4) is 0 Å². The molecule has 0 saturated heterocycles. The second kappa shape index (κ2) is 5.11. The van der Waals surface area contributed by atoms with Gasteiger partial charge in [0.25, 0.3) is 11.4 Å². The normalized spacial score (nSPS) is 16.0. The molecule has 22 heavy (non-hydrogen) atoms. The van der Waals surface area contributed by atoms with E-state index in [9.17, 15) is 9.59 Å². The van der Waals surface area contributed by atoms with Crippen molar-refractivity contribution in [1.82, 2.24) is 9.97 Å². The monoisotopic (exact) mass is 308 g/mol. The van der Waals surface area contributed by atoms with E-state index in [-0.39, 0.29) is 35.1 Å². The smallest absolute Gasteiger partial charge is 0.394 e. The summed E-state index contributed by atoms with van der Waals surface area (Å²) in [7, 11) is 1.22. The lowest BCUT2D eigenvalue weighted by Crippen LogP contribution is -2.25. The molecule has 0 spiro atoms. The maximum Gasteiger partial charge on any atom is 0.394 e. The molecule has 0 aliphatic heterocycles.